The SMILES string of the molecule is CCC1CCCC(Nc2ccc(SC(F)(F)F)cc2)C1. The molecule has 1 N–H and O–H groups in total. The zero-order chi connectivity index (χ0) is 14.6. The molecule has 112 valence electrons. The summed E-state index contributed by atoms with van der Waals surface area (Å²) in [6.07, 6.45) is 6.05. The summed E-state index contributed by atoms with van der Waals surface area (Å²) in [5.74, 6) is 0.779. The van der Waals surface area contributed by atoms with Crippen LogP contribution in [0.1, 0.15) is 39.0 Å². The van der Waals surface area contributed by atoms with E-state index in [1.165, 1.54) is 31.4 Å². The standard InChI is InChI=1S/C15H20F3NS/c1-2-11-4-3-5-13(10-11)19-12-6-8-14(9-7-12)20-15(16,17)18/h6-9,11,13,19H,2-5,10H2,1H3. The van der Waals surface area contributed by atoms with Gasteiger partial charge in [-0.3, -0.25) is 0 Å². The van der Waals surface area contributed by atoms with Crippen molar-refractivity contribution in [2.24, 2.45) is 5.92 Å². The van der Waals surface area contributed by atoms with E-state index in [0.717, 1.165) is 24.4 Å². The average molecular weight is 303 g/mol. The van der Waals surface area contributed by atoms with E-state index < -0.39 is 5.51 Å². The Bertz CT molecular complexity index is 416. The van der Waals surface area contributed by atoms with Gasteiger partial charge in [0.25, 0.3) is 0 Å². The molecular formula is C15H20F3NS. The zero-order valence-electron chi connectivity index (χ0n) is 11.5. The van der Waals surface area contributed by atoms with Crippen LogP contribution in [0.3, 0.4) is 0 Å². The Hall–Kier alpha value is -0.840. The van der Waals surface area contributed by atoms with Crippen LogP contribution in [0, 0.1) is 5.92 Å². The Kier molecular flexibility index (Phi) is 5.24. The number of hydrogen-bond donors (Lipinski definition) is 1. The van der Waals surface area contributed by atoms with Gasteiger partial charge >= 0.3 is 5.51 Å². The molecule has 0 aromatic heterocycles. The van der Waals surface area contributed by atoms with Crippen LogP contribution in [0.4, 0.5) is 18.9 Å². The van der Waals surface area contributed by atoms with Crippen molar-refractivity contribution in [3.63, 3.8) is 0 Å². The van der Waals surface area contributed by atoms with Gasteiger partial charge in [0.05, 0.1) is 0 Å². The third kappa shape index (κ3) is 4.93. The number of anilines is 1. The molecule has 0 radical (unpaired) electrons. The van der Waals surface area contributed by atoms with Gasteiger partial charge in [-0.05, 0) is 54.8 Å². The lowest BCUT2D eigenvalue weighted by molar-refractivity contribution is -0.0328. The second-order valence-electron chi connectivity index (χ2n) is 5.35. The first-order valence-corrected chi connectivity index (χ1v) is 7.90. The summed E-state index contributed by atoms with van der Waals surface area (Å²) in [6.45, 7) is 2.22. The second-order valence-corrected chi connectivity index (χ2v) is 6.49. The summed E-state index contributed by atoms with van der Waals surface area (Å²) >= 11 is -0.0682. The topological polar surface area (TPSA) is 12.0 Å². The summed E-state index contributed by atoms with van der Waals surface area (Å²) in [4.78, 5) is 0.234. The van der Waals surface area contributed by atoms with Crippen molar-refractivity contribution in [3.05, 3.63) is 24.3 Å². The summed E-state index contributed by atoms with van der Waals surface area (Å²) in [6, 6.07) is 6.99. The van der Waals surface area contributed by atoms with Crippen LogP contribution in [-0.2, 0) is 0 Å². The Balaban J connectivity index is 1.90. The fraction of sp³-hybridized carbons (Fsp3) is 0.600. The summed E-state index contributed by atoms with van der Waals surface area (Å²) in [7, 11) is 0. The normalized spacial score (nSPS) is 23.6. The van der Waals surface area contributed by atoms with Gasteiger partial charge in [-0.25, -0.2) is 0 Å². The van der Waals surface area contributed by atoms with E-state index in [1.807, 2.05) is 0 Å². The van der Waals surface area contributed by atoms with Crippen LogP contribution >= 0.6 is 11.8 Å². The quantitative estimate of drug-likeness (QED) is 0.718. The minimum absolute atomic E-state index is 0.0682. The Morgan fingerprint density at radius 2 is 1.90 bits per heavy atom. The molecule has 1 nitrogen and oxygen atoms in total. The lowest BCUT2D eigenvalue weighted by atomic mass is 9.84. The molecule has 1 aromatic rings. The van der Waals surface area contributed by atoms with Crippen molar-refractivity contribution in [1.82, 2.24) is 0 Å². The smallest absolute Gasteiger partial charge is 0.382 e. The molecule has 2 rings (SSSR count). The molecule has 0 spiro atoms. The van der Waals surface area contributed by atoms with Crippen LogP contribution in [0.5, 0.6) is 0 Å². The van der Waals surface area contributed by atoms with Gasteiger partial charge in [0.2, 0.25) is 0 Å². The first-order valence-electron chi connectivity index (χ1n) is 7.08. The van der Waals surface area contributed by atoms with Crippen molar-refractivity contribution in [2.45, 2.75) is 55.5 Å². The van der Waals surface area contributed by atoms with Gasteiger partial charge in [-0.2, -0.15) is 13.2 Å². The highest BCUT2D eigenvalue weighted by Gasteiger charge is 2.29. The molecule has 0 bridgehead atoms. The van der Waals surface area contributed by atoms with Crippen molar-refractivity contribution in [3.8, 4) is 0 Å². The van der Waals surface area contributed by atoms with Gasteiger partial charge in [0.1, 0.15) is 0 Å². The Morgan fingerprint density at radius 1 is 1.20 bits per heavy atom. The molecule has 2 atom stereocenters. The van der Waals surface area contributed by atoms with E-state index in [9.17, 15) is 13.2 Å². The van der Waals surface area contributed by atoms with E-state index >= 15 is 0 Å². The summed E-state index contributed by atoms with van der Waals surface area (Å²) in [5, 5.41) is 3.44. The van der Waals surface area contributed by atoms with Crippen molar-refractivity contribution >= 4 is 17.4 Å². The van der Waals surface area contributed by atoms with Gasteiger partial charge < -0.3 is 5.32 Å². The molecule has 1 aliphatic rings. The molecule has 5 heteroatoms. The predicted molar refractivity (Wildman–Crippen MR) is 78.0 cm³/mol. The Morgan fingerprint density at radius 3 is 2.50 bits per heavy atom. The van der Waals surface area contributed by atoms with Crippen molar-refractivity contribution in [2.75, 3.05) is 5.32 Å². The van der Waals surface area contributed by atoms with Crippen molar-refractivity contribution in [1.29, 1.82) is 0 Å². The van der Waals surface area contributed by atoms with Crippen LogP contribution in [-0.4, -0.2) is 11.6 Å². The van der Waals surface area contributed by atoms with E-state index in [-0.39, 0.29) is 16.7 Å². The van der Waals surface area contributed by atoms with E-state index in [0.29, 0.717) is 6.04 Å². The molecule has 1 aliphatic carbocycles. The van der Waals surface area contributed by atoms with Gasteiger partial charge in [0.15, 0.2) is 0 Å². The maximum atomic E-state index is 12.2. The molecule has 0 saturated heterocycles. The number of nitrogens with one attached hydrogen (secondary N) is 1. The maximum absolute atomic E-state index is 12.2. The molecule has 1 saturated carbocycles. The molecule has 2 unspecified atom stereocenters. The van der Waals surface area contributed by atoms with Crippen LogP contribution in [0.25, 0.3) is 0 Å². The molecule has 1 fully saturated rings. The first-order chi connectivity index (χ1) is 9.46. The van der Waals surface area contributed by atoms with Gasteiger partial charge in [0, 0.05) is 16.6 Å². The molecule has 0 aliphatic heterocycles. The van der Waals surface area contributed by atoms with Gasteiger partial charge in [-0.15, -0.1) is 0 Å². The number of thioether (sulfide) groups is 1. The maximum Gasteiger partial charge on any atom is 0.446 e. The average Bonchev–Trinajstić information content (AvgIpc) is 2.40. The molecule has 1 aromatic carbocycles. The highest BCUT2D eigenvalue weighted by molar-refractivity contribution is 8.00. The summed E-state index contributed by atoms with van der Waals surface area (Å²) in [5.41, 5.74) is -3.30. The predicted octanol–water partition coefficient (Wildman–Crippen LogP) is 5.68. The zero-order valence-corrected chi connectivity index (χ0v) is 12.4. The fourth-order valence-electron chi connectivity index (χ4n) is 2.78. The van der Waals surface area contributed by atoms with E-state index in [4.69, 9.17) is 0 Å². The third-order valence-corrected chi connectivity index (χ3v) is 4.56. The minimum Gasteiger partial charge on any atom is -0.382 e. The molecule has 0 heterocycles. The fourth-order valence-corrected chi connectivity index (χ4v) is 3.32. The molecule has 20 heavy (non-hydrogen) atoms. The van der Waals surface area contributed by atoms with E-state index in [2.05, 4.69) is 12.2 Å². The largest absolute Gasteiger partial charge is 0.446 e. The molecular weight excluding hydrogens is 283 g/mol. The van der Waals surface area contributed by atoms with Crippen LogP contribution in [0.2, 0.25) is 0 Å². The number of hydrogen-bond acceptors (Lipinski definition) is 2. The Labute approximate surface area is 122 Å². The number of rotatable bonds is 4. The second kappa shape index (κ2) is 6.74. The van der Waals surface area contributed by atoms with Gasteiger partial charge in [-0.1, -0.05) is 26.2 Å². The minimum atomic E-state index is -4.22. The number of alkyl halides is 3. The lowest BCUT2D eigenvalue weighted by Gasteiger charge is -2.29. The lowest BCUT2D eigenvalue weighted by Crippen LogP contribution is -2.26. The van der Waals surface area contributed by atoms with Crippen LogP contribution < -0.4 is 5.32 Å². The third-order valence-electron chi connectivity index (χ3n) is 3.82. The van der Waals surface area contributed by atoms with Crippen LogP contribution in [0.15, 0.2) is 29.2 Å². The molecule has 0 amide bonds. The number of halogens is 3. The summed E-state index contributed by atoms with van der Waals surface area (Å²) < 4.78 is 36.7. The highest BCUT2D eigenvalue weighted by Crippen LogP contribution is 2.37. The monoisotopic (exact) mass is 303 g/mol. The number of benzene rings is 1. The highest BCUT2D eigenvalue weighted by atomic mass is 32.2. The first kappa shape index (κ1) is 15.5. The van der Waals surface area contributed by atoms with E-state index in [1.54, 1.807) is 12.1 Å². The van der Waals surface area contributed by atoms with Crippen molar-refractivity contribution < 1.29 is 13.2 Å².